The summed E-state index contributed by atoms with van der Waals surface area (Å²) in [4.78, 5) is 25.3. The molecule has 0 spiro atoms. The van der Waals surface area contributed by atoms with Crippen molar-refractivity contribution in [2.24, 2.45) is 11.7 Å². The van der Waals surface area contributed by atoms with Crippen molar-refractivity contribution in [1.82, 2.24) is 4.90 Å². The van der Waals surface area contributed by atoms with Gasteiger partial charge in [-0.15, -0.1) is 0 Å². The zero-order valence-electron chi connectivity index (χ0n) is 11.7. The number of ether oxygens (including phenoxy) is 1. The molecular weight excluding hydrogens is 256 g/mol. The number of hydrogen-bond donors (Lipinski definition) is 1. The highest BCUT2D eigenvalue weighted by atomic mass is 16.5. The Bertz CT molecular complexity index is 476. The molecule has 1 aromatic rings. The number of hydrogen-bond acceptors (Lipinski definition) is 4. The lowest BCUT2D eigenvalue weighted by molar-refractivity contribution is -0.123. The predicted molar refractivity (Wildman–Crippen MR) is 75.7 cm³/mol. The molecule has 1 saturated heterocycles. The molecule has 1 amide bonds. The Morgan fingerprint density at radius 2 is 1.85 bits per heavy atom. The van der Waals surface area contributed by atoms with Crippen LogP contribution in [0.4, 0.5) is 0 Å². The summed E-state index contributed by atoms with van der Waals surface area (Å²) in [7, 11) is 1.60. The number of likely N-dealkylation sites (tertiary alicyclic amines) is 1. The highest BCUT2D eigenvalue weighted by molar-refractivity contribution is 5.97. The number of benzene rings is 1. The quantitative estimate of drug-likeness (QED) is 0.817. The third kappa shape index (κ3) is 3.57. The summed E-state index contributed by atoms with van der Waals surface area (Å²) in [5.74, 6) is 0.558. The molecule has 5 nitrogen and oxygen atoms in total. The molecule has 20 heavy (non-hydrogen) atoms. The van der Waals surface area contributed by atoms with Crippen LogP contribution in [-0.2, 0) is 4.79 Å². The number of piperidine rings is 1. The molecule has 2 N–H and O–H groups in total. The van der Waals surface area contributed by atoms with E-state index in [2.05, 4.69) is 4.90 Å². The summed E-state index contributed by atoms with van der Waals surface area (Å²) < 4.78 is 5.07. The molecule has 0 unspecified atom stereocenters. The minimum atomic E-state index is -0.230. The van der Waals surface area contributed by atoms with Gasteiger partial charge in [0.2, 0.25) is 5.91 Å². The number of methoxy groups -OCH3 is 1. The Labute approximate surface area is 118 Å². The van der Waals surface area contributed by atoms with Gasteiger partial charge in [0.15, 0.2) is 5.78 Å². The van der Waals surface area contributed by atoms with E-state index in [1.165, 1.54) is 0 Å². The molecule has 0 radical (unpaired) electrons. The predicted octanol–water partition coefficient (Wildman–Crippen LogP) is 1.08. The van der Waals surface area contributed by atoms with E-state index < -0.39 is 0 Å². The molecule has 1 aliphatic rings. The Balaban J connectivity index is 1.87. The molecule has 0 saturated carbocycles. The first kappa shape index (κ1) is 14.5. The summed E-state index contributed by atoms with van der Waals surface area (Å²) in [6.45, 7) is 1.88. The van der Waals surface area contributed by atoms with Crippen LogP contribution in [0.5, 0.6) is 5.75 Å². The molecule has 0 atom stereocenters. The summed E-state index contributed by atoms with van der Waals surface area (Å²) in [5, 5.41) is 0. The standard InChI is InChI=1S/C15H20N2O3/c1-20-13-4-2-11(3-5-13)14(18)10-17-8-6-12(7-9-17)15(16)19/h2-5,12H,6-10H2,1H3,(H2,16,19). The van der Waals surface area contributed by atoms with Gasteiger partial charge in [0.05, 0.1) is 13.7 Å². The maximum atomic E-state index is 12.2. The lowest BCUT2D eigenvalue weighted by atomic mass is 9.96. The molecule has 0 aromatic heterocycles. The number of rotatable bonds is 5. The number of carbonyl (C=O) groups excluding carboxylic acids is 2. The summed E-state index contributed by atoms with van der Waals surface area (Å²) in [6, 6.07) is 7.12. The first-order valence-electron chi connectivity index (χ1n) is 6.79. The second-order valence-corrected chi connectivity index (χ2v) is 5.10. The van der Waals surface area contributed by atoms with Crippen molar-refractivity contribution in [2.45, 2.75) is 12.8 Å². The van der Waals surface area contributed by atoms with Gasteiger partial charge in [0.1, 0.15) is 5.75 Å². The highest BCUT2D eigenvalue weighted by Crippen LogP contribution is 2.17. The van der Waals surface area contributed by atoms with Crippen LogP contribution in [0.15, 0.2) is 24.3 Å². The van der Waals surface area contributed by atoms with Crippen LogP contribution in [0.25, 0.3) is 0 Å². The van der Waals surface area contributed by atoms with E-state index in [0.717, 1.165) is 31.7 Å². The number of ketones is 1. The zero-order valence-corrected chi connectivity index (χ0v) is 11.7. The van der Waals surface area contributed by atoms with Gasteiger partial charge < -0.3 is 10.5 Å². The maximum Gasteiger partial charge on any atom is 0.220 e. The SMILES string of the molecule is COc1ccc(C(=O)CN2CCC(C(N)=O)CC2)cc1. The number of primary amides is 1. The van der Waals surface area contributed by atoms with Crippen molar-refractivity contribution in [3.8, 4) is 5.75 Å². The Kier molecular flexibility index (Phi) is 4.74. The number of Topliss-reactive ketones (excluding diaryl/α,β-unsaturated/α-hetero) is 1. The van der Waals surface area contributed by atoms with Crippen LogP contribution in [-0.4, -0.2) is 43.3 Å². The van der Waals surface area contributed by atoms with Gasteiger partial charge in [-0.1, -0.05) is 0 Å². The maximum absolute atomic E-state index is 12.2. The van der Waals surface area contributed by atoms with Crippen LogP contribution < -0.4 is 10.5 Å². The molecule has 1 heterocycles. The zero-order chi connectivity index (χ0) is 14.5. The molecule has 0 aliphatic carbocycles. The van der Waals surface area contributed by atoms with Crippen molar-refractivity contribution < 1.29 is 14.3 Å². The van der Waals surface area contributed by atoms with Gasteiger partial charge in [-0.2, -0.15) is 0 Å². The second kappa shape index (κ2) is 6.52. The topological polar surface area (TPSA) is 72.6 Å². The van der Waals surface area contributed by atoms with Crippen molar-refractivity contribution >= 4 is 11.7 Å². The molecular formula is C15H20N2O3. The molecule has 108 valence electrons. The Hall–Kier alpha value is -1.88. The normalized spacial score (nSPS) is 16.9. The third-order valence-electron chi connectivity index (χ3n) is 3.77. The van der Waals surface area contributed by atoms with E-state index in [9.17, 15) is 9.59 Å². The van der Waals surface area contributed by atoms with Gasteiger partial charge in [0.25, 0.3) is 0 Å². The minimum Gasteiger partial charge on any atom is -0.497 e. The summed E-state index contributed by atoms with van der Waals surface area (Å²) in [6.07, 6.45) is 1.48. The molecule has 5 heteroatoms. The van der Waals surface area contributed by atoms with Crippen LogP contribution in [0.1, 0.15) is 23.2 Å². The lowest BCUT2D eigenvalue weighted by Gasteiger charge is -2.29. The first-order chi connectivity index (χ1) is 9.60. The van der Waals surface area contributed by atoms with Crippen LogP contribution in [0.3, 0.4) is 0 Å². The third-order valence-corrected chi connectivity index (χ3v) is 3.77. The lowest BCUT2D eigenvalue weighted by Crippen LogP contribution is -2.40. The first-order valence-corrected chi connectivity index (χ1v) is 6.79. The van der Waals surface area contributed by atoms with E-state index >= 15 is 0 Å². The van der Waals surface area contributed by atoms with Crippen molar-refractivity contribution in [2.75, 3.05) is 26.7 Å². The van der Waals surface area contributed by atoms with Crippen LogP contribution in [0, 0.1) is 5.92 Å². The fraction of sp³-hybridized carbons (Fsp3) is 0.467. The molecule has 1 fully saturated rings. The average Bonchev–Trinajstić information content (AvgIpc) is 2.48. The Morgan fingerprint density at radius 3 is 2.35 bits per heavy atom. The molecule has 2 rings (SSSR count). The fourth-order valence-corrected chi connectivity index (χ4v) is 2.45. The van der Waals surface area contributed by atoms with Gasteiger partial charge >= 0.3 is 0 Å². The number of amides is 1. The van der Waals surface area contributed by atoms with Crippen LogP contribution >= 0.6 is 0 Å². The van der Waals surface area contributed by atoms with Gasteiger partial charge in [0, 0.05) is 11.5 Å². The molecule has 0 bridgehead atoms. The average molecular weight is 276 g/mol. The largest absolute Gasteiger partial charge is 0.497 e. The van der Waals surface area contributed by atoms with Gasteiger partial charge in [-0.25, -0.2) is 0 Å². The van der Waals surface area contributed by atoms with Gasteiger partial charge in [-0.05, 0) is 50.2 Å². The van der Waals surface area contributed by atoms with E-state index in [1.807, 2.05) is 0 Å². The van der Waals surface area contributed by atoms with Crippen molar-refractivity contribution in [3.05, 3.63) is 29.8 Å². The van der Waals surface area contributed by atoms with Crippen LogP contribution in [0.2, 0.25) is 0 Å². The monoisotopic (exact) mass is 276 g/mol. The van der Waals surface area contributed by atoms with Gasteiger partial charge in [-0.3, -0.25) is 14.5 Å². The second-order valence-electron chi connectivity index (χ2n) is 5.10. The fourth-order valence-electron chi connectivity index (χ4n) is 2.45. The number of carbonyl (C=O) groups is 2. The van der Waals surface area contributed by atoms with E-state index in [1.54, 1.807) is 31.4 Å². The van der Waals surface area contributed by atoms with E-state index in [4.69, 9.17) is 10.5 Å². The van der Waals surface area contributed by atoms with Crippen molar-refractivity contribution in [1.29, 1.82) is 0 Å². The van der Waals surface area contributed by atoms with E-state index in [0.29, 0.717) is 12.1 Å². The van der Waals surface area contributed by atoms with Crippen molar-refractivity contribution in [3.63, 3.8) is 0 Å². The number of nitrogens with zero attached hydrogens (tertiary/aromatic N) is 1. The molecule has 1 aliphatic heterocycles. The highest BCUT2D eigenvalue weighted by Gasteiger charge is 2.24. The Morgan fingerprint density at radius 1 is 1.25 bits per heavy atom. The summed E-state index contributed by atoms with van der Waals surface area (Å²) in [5.41, 5.74) is 5.98. The molecule has 1 aromatic carbocycles. The summed E-state index contributed by atoms with van der Waals surface area (Å²) >= 11 is 0. The minimum absolute atomic E-state index is 0.0395. The van der Waals surface area contributed by atoms with E-state index in [-0.39, 0.29) is 17.6 Å². The number of nitrogens with two attached hydrogens (primary N) is 1. The smallest absolute Gasteiger partial charge is 0.220 e.